The van der Waals surface area contributed by atoms with E-state index in [1.807, 2.05) is 73.1 Å². The monoisotopic (exact) mass is 400 g/mol. The van der Waals surface area contributed by atoms with Gasteiger partial charge in [0.1, 0.15) is 5.75 Å². The zero-order chi connectivity index (χ0) is 20.9. The maximum absolute atomic E-state index is 13.0. The second-order valence-corrected chi connectivity index (χ2v) is 6.98. The SMILES string of the molecule is CCOc1ccc2ccccc2c1C(=O)NCCn1nc(-c2ccncc2)cc1C. The van der Waals surface area contributed by atoms with Crippen molar-refractivity contribution in [1.82, 2.24) is 20.1 Å². The Morgan fingerprint density at radius 3 is 2.70 bits per heavy atom. The van der Waals surface area contributed by atoms with Gasteiger partial charge in [-0.15, -0.1) is 0 Å². The van der Waals surface area contributed by atoms with Crippen LogP contribution in [0.25, 0.3) is 22.0 Å². The molecule has 1 amide bonds. The third-order valence-electron chi connectivity index (χ3n) is 4.98. The predicted molar refractivity (Wildman–Crippen MR) is 118 cm³/mol. The summed E-state index contributed by atoms with van der Waals surface area (Å²) in [7, 11) is 0. The summed E-state index contributed by atoms with van der Waals surface area (Å²) in [6.45, 7) is 5.47. The number of rotatable bonds is 7. The molecule has 0 aliphatic rings. The molecule has 0 spiro atoms. The highest BCUT2D eigenvalue weighted by Gasteiger charge is 2.16. The molecule has 6 nitrogen and oxygen atoms in total. The average Bonchev–Trinajstić information content (AvgIpc) is 3.15. The summed E-state index contributed by atoms with van der Waals surface area (Å²) >= 11 is 0. The molecule has 1 N–H and O–H groups in total. The maximum atomic E-state index is 13.0. The molecule has 6 heteroatoms. The number of ether oxygens (including phenoxy) is 1. The predicted octanol–water partition coefficient (Wildman–Crippen LogP) is 4.24. The number of fused-ring (bicyclic) bond motifs is 1. The molecule has 0 saturated carbocycles. The van der Waals surface area contributed by atoms with E-state index in [9.17, 15) is 4.79 Å². The molecule has 2 aromatic carbocycles. The van der Waals surface area contributed by atoms with Crippen molar-refractivity contribution in [3.05, 3.63) is 78.2 Å². The first-order chi connectivity index (χ1) is 14.7. The molecule has 2 aromatic heterocycles. The first kappa shape index (κ1) is 19.6. The molecule has 0 atom stereocenters. The van der Waals surface area contributed by atoms with Crippen LogP contribution in [0.15, 0.2) is 67.0 Å². The van der Waals surface area contributed by atoms with Crippen LogP contribution in [0.3, 0.4) is 0 Å². The third kappa shape index (κ3) is 4.03. The Kier molecular flexibility index (Phi) is 5.75. The molecule has 0 bridgehead atoms. The molecular formula is C24H24N4O2. The molecule has 0 fully saturated rings. The standard InChI is InChI=1S/C24H24N4O2/c1-3-30-22-9-8-18-6-4-5-7-20(18)23(22)24(29)26-14-15-28-17(2)16-21(27-28)19-10-12-25-13-11-19/h4-13,16H,3,14-15H2,1-2H3,(H,26,29). The minimum absolute atomic E-state index is 0.144. The van der Waals surface area contributed by atoms with Crippen molar-refractivity contribution < 1.29 is 9.53 Å². The fourth-order valence-corrected chi connectivity index (χ4v) is 3.53. The van der Waals surface area contributed by atoms with Gasteiger partial charge in [-0.05, 0) is 48.9 Å². The molecule has 0 aliphatic heterocycles. The largest absolute Gasteiger partial charge is 0.493 e. The van der Waals surface area contributed by atoms with Gasteiger partial charge in [-0.25, -0.2) is 0 Å². The Morgan fingerprint density at radius 2 is 1.90 bits per heavy atom. The fourth-order valence-electron chi connectivity index (χ4n) is 3.53. The zero-order valence-electron chi connectivity index (χ0n) is 17.1. The minimum atomic E-state index is -0.144. The van der Waals surface area contributed by atoms with Crippen LogP contribution in [0, 0.1) is 6.92 Å². The highest BCUT2D eigenvalue weighted by Crippen LogP contribution is 2.28. The van der Waals surface area contributed by atoms with Gasteiger partial charge in [-0.1, -0.05) is 30.3 Å². The van der Waals surface area contributed by atoms with Crippen molar-refractivity contribution in [2.45, 2.75) is 20.4 Å². The van der Waals surface area contributed by atoms with Crippen LogP contribution in [0.4, 0.5) is 0 Å². The lowest BCUT2D eigenvalue weighted by Gasteiger charge is -2.14. The third-order valence-corrected chi connectivity index (χ3v) is 4.98. The smallest absolute Gasteiger partial charge is 0.255 e. The summed E-state index contributed by atoms with van der Waals surface area (Å²) in [4.78, 5) is 17.1. The van der Waals surface area contributed by atoms with Crippen molar-refractivity contribution >= 4 is 16.7 Å². The molecule has 0 radical (unpaired) electrons. The van der Waals surface area contributed by atoms with Crippen molar-refractivity contribution in [1.29, 1.82) is 0 Å². The second-order valence-electron chi connectivity index (χ2n) is 6.98. The quantitative estimate of drug-likeness (QED) is 0.504. The van der Waals surface area contributed by atoms with Gasteiger partial charge in [0.2, 0.25) is 0 Å². The minimum Gasteiger partial charge on any atom is -0.493 e. The van der Waals surface area contributed by atoms with E-state index >= 15 is 0 Å². The molecule has 0 unspecified atom stereocenters. The summed E-state index contributed by atoms with van der Waals surface area (Å²) in [5.41, 5.74) is 3.53. The molecular weight excluding hydrogens is 376 g/mol. The van der Waals surface area contributed by atoms with Crippen LogP contribution in [-0.2, 0) is 6.54 Å². The summed E-state index contributed by atoms with van der Waals surface area (Å²) in [5.74, 6) is 0.457. The molecule has 152 valence electrons. The number of aryl methyl sites for hydroxylation is 1. The van der Waals surface area contributed by atoms with E-state index in [2.05, 4.69) is 15.4 Å². The van der Waals surface area contributed by atoms with Crippen LogP contribution in [0.5, 0.6) is 5.75 Å². The highest BCUT2D eigenvalue weighted by molar-refractivity contribution is 6.09. The normalized spacial score (nSPS) is 10.9. The number of nitrogens with one attached hydrogen (secondary N) is 1. The van der Waals surface area contributed by atoms with Crippen LogP contribution in [0.2, 0.25) is 0 Å². The zero-order valence-corrected chi connectivity index (χ0v) is 17.1. The van der Waals surface area contributed by atoms with E-state index < -0.39 is 0 Å². The molecule has 2 heterocycles. The first-order valence-corrected chi connectivity index (χ1v) is 10.0. The molecule has 4 rings (SSSR count). The van der Waals surface area contributed by atoms with Crippen molar-refractivity contribution in [3.63, 3.8) is 0 Å². The second kappa shape index (κ2) is 8.78. The van der Waals surface area contributed by atoms with Gasteiger partial charge in [0, 0.05) is 30.2 Å². The average molecular weight is 400 g/mol. The topological polar surface area (TPSA) is 69.0 Å². The Balaban J connectivity index is 1.50. The van der Waals surface area contributed by atoms with E-state index in [-0.39, 0.29) is 5.91 Å². The van der Waals surface area contributed by atoms with Crippen molar-refractivity contribution in [2.75, 3.05) is 13.2 Å². The van der Waals surface area contributed by atoms with Crippen molar-refractivity contribution in [2.24, 2.45) is 0 Å². The number of hydrogen-bond donors (Lipinski definition) is 1. The number of aromatic nitrogens is 3. The van der Waals surface area contributed by atoms with Crippen molar-refractivity contribution in [3.8, 4) is 17.0 Å². The molecule has 0 saturated heterocycles. The van der Waals surface area contributed by atoms with Gasteiger partial charge >= 0.3 is 0 Å². The van der Waals surface area contributed by atoms with Gasteiger partial charge in [0.25, 0.3) is 5.91 Å². The van der Waals surface area contributed by atoms with Gasteiger partial charge < -0.3 is 10.1 Å². The summed E-state index contributed by atoms with van der Waals surface area (Å²) < 4.78 is 7.62. The van der Waals surface area contributed by atoms with E-state index in [1.54, 1.807) is 12.4 Å². The van der Waals surface area contributed by atoms with Crippen LogP contribution in [-0.4, -0.2) is 33.8 Å². The Bertz CT molecular complexity index is 1170. The molecule has 0 aliphatic carbocycles. The van der Waals surface area contributed by atoms with E-state index in [0.717, 1.165) is 27.7 Å². The van der Waals surface area contributed by atoms with Crippen LogP contribution < -0.4 is 10.1 Å². The number of nitrogens with zero attached hydrogens (tertiary/aromatic N) is 3. The first-order valence-electron chi connectivity index (χ1n) is 10.0. The number of benzene rings is 2. The number of carbonyl (C=O) groups excluding carboxylic acids is 1. The molecule has 4 aromatic rings. The van der Waals surface area contributed by atoms with Crippen LogP contribution >= 0.6 is 0 Å². The lowest BCUT2D eigenvalue weighted by molar-refractivity contribution is 0.0950. The van der Waals surface area contributed by atoms with Gasteiger partial charge in [0.05, 0.1) is 24.4 Å². The van der Waals surface area contributed by atoms with E-state index in [4.69, 9.17) is 4.74 Å². The van der Waals surface area contributed by atoms with Gasteiger partial charge in [0.15, 0.2) is 0 Å². The van der Waals surface area contributed by atoms with Gasteiger partial charge in [-0.2, -0.15) is 5.10 Å². The van der Waals surface area contributed by atoms with E-state index in [0.29, 0.717) is 31.0 Å². The number of hydrogen-bond acceptors (Lipinski definition) is 4. The summed E-state index contributed by atoms with van der Waals surface area (Å²) in [5, 5.41) is 9.58. The summed E-state index contributed by atoms with van der Waals surface area (Å²) in [6.07, 6.45) is 3.51. The lowest BCUT2D eigenvalue weighted by Crippen LogP contribution is -2.28. The summed E-state index contributed by atoms with van der Waals surface area (Å²) in [6, 6.07) is 17.6. The highest BCUT2D eigenvalue weighted by atomic mass is 16.5. The Morgan fingerprint density at radius 1 is 1.10 bits per heavy atom. The lowest BCUT2D eigenvalue weighted by atomic mass is 10.0. The number of carbonyl (C=O) groups is 1. The fraction of sp³-hybridized carbons (Fsp3) is 0.208. The Hall–Kier alpha value is -3.67. The van der Waals surface area contributed by atoms with Crippen LogP contribution in [0.1, 0.15) is 23.0 Å². The Labute approximate surface area is 175 Å². The maximum Gasteiger partial charge on any atom is 0.255 e. The number of pyridine rings is 1. The van der Waals surface area contributed by atoms with Gasteiger partial charge in [-0.3, -0.25) is 14.5 Å². The number of amides is 1. The molecule has 30 heavy (non-hydrogen) atoms. The van der Waals surface area contributed by atoms with E-state index in [1.165, 1.54) is 0 Å².